The van der Waals surface area contributed by atoms with Crippen LogP contribution in [0.25, 0.3) is 0 Å². The van der Waals surface area contributed by atoms with Crippen LogP contribution in [0.5, 0.6) is 0 Å². The first-order valence-corrected chi connectivity index (χ1v) is 15.7. The number of hydrogen-bond donors (Lipinski definition) is 13. The van der Waals surface area contributed by atoms with Crippen LogP contribution in [-0.4, -0.2) is 228 Å². The third-order valence-electron chi connectivity index (χ3n) is 9.12. The van der Waals surface area contributed by atoms with Crippen LogP contribution in [0.15, 0.2) is 0 Å². The van der Waals surface area contributed by atoms with Crippen LogP contribution < -0.4 is 0 Å². The number of aliphatic hydroxyl groups excluding tert-OH is 13. The van der Waals surface area contributed by atoms with Crippen molar-refractivity contribution >= 4 is 0 Å². The molecule has 0 spiro atoms. The molecule has 22 nitrogen and oxygen atoms in total. The van der Waals surface area contributed by atoms with Gasteiger partial charge in [0.15, 0.2) is 31.5 Å². The van der Waals surface area contributed by atoms with Crippen molar-refractivity contribution in [3.63, 3.8) is 0 Å². The van der Waals surface area contributed by atoms with Crippen molar-refractivity contribution in [3.8, 4) is 0 Å². The number of hydrogen-bond acceptors (Lipinski definition) is 22. The first-order valence-electron chi connectivity index (χ1n) is 15.7. The molecule has 0 aromatic heterocycles. The Labute approximate surface area is 278 Å². The maximum Gasteiger partial charge on any atom is 0.187 e. The molecular formula is C27H46O22. The Balaban J connectivity index is 1.18. The summed E-state index contributed by atoms with van der Waals surface area (Å²) in [4.78, 5) is 0. The summed E-state index contributed by atoms with van der Waals surface area (Å²) in [6.07, 6.45) is -35.7. The lowest BCUT2D eigenvalue weighted by molar-refractivity contribution is -0.381. The van der Waals surface area contributed by atoms with Gasteiger partial charge >= 0.3 is 0 Å². The second-order valence-electron chi connectivity index (χ2n) is 12.6. The van der Waals surface area contributed by atoms with E-state index in [4.69, 9.17) is 42.6 Å². The van der Waals surface area contributed by atoms with Crippen molar-refractivity contribution in [2.45, 2.75) is 142 Å². The third-order valence-corrected chi connectivity index (χ3v) is 9.12. The Morgan fingerprint density at radius 2 is 1.00 bits per heavy atom. The van der Waals surface area contributed by atoms with Crippen LogP contribution in [0, 0.1) is 0 Å². The summed E-state index contributed by atoms with van der Waals surface area (Å²) in [7, 11) is 0. The quantitative estimate of drug-likeness (QED) is 0.105. The van der Waals surface area contributed by atoms with Gasteiger partial charge in [0.05, 0.1) is 32.5 Å². The van der Waals surface area contributed by atoms with Crippen LogP contribution in [0.4, 0.5) is 0 Å². The zero-order valence-electron chi connectivity index (χ0n) is 26.0. The maximum atomic E-state index is 10.9. The van der Waals surface area contributed by atoms with Gasteiger partial charge < -0.3 is 109 Å². The molecule has 5 fully saturated rings. The summed E-state index contributed by atoms with van der Waals surface area (Å²) in [6, 6.07) is 0. The lowest BCUT2D eigenvalue weighted by Gasteiger charge is -2.47. The summed E-state index contributed by atoms with van der Waals surface area (Å²) < 4.78 is 48.7. The molecule has 0 aromatic rings. The van der Waals surface area contributed by atoms with Crippen molar-refractivity contribution in [1.29, 1.82) is 0 Å². The van der Waals surface area contributed by atoms with Gasteiger partial charge in [0.1, 0.15) is 97.7 Å². The van der Waals surface area contributed by atoms with Crippen LogP contribution in [0.2, 0.25) is 0 Å². The van der Waals surface area contributed by atoms with E-state index in [2.05, 4.69) is 0 Å². The average Bonchev–Trinajstić information content (AvgIpc) is 3.07. The second kappa shape index (κ2) is 16.4. The molecule has 22 heteroatoms. The molecule has 0 radical (unpaired) electrons. The molecule has 5 heterocycles. The van der Waals surface area contributed by atoms with Crippen molar-refractivity contribution in [2.24, 2.45) is 0 Å². The predicted molar refractivity (Wildman–Crippen MR) is 147 cm³/mol. The minimum absolute atomic E-state index is 0.385. The highest BCUT2D eigenvalue weighted by Crippen LogP contribution is 2.33. The van der Waals surface area contributed by atoms with Crippen molar-refractivity contribution < 1.29 is 109 Å². The first-order chi connectivity index (χ1) is 23.1. The lowest BCUT2D eigenvalue weighted by Crippen LogP contribution is -2.65. The third kappa shape index (κ3) is 8.21. The minimum atomic E-state index is -1.91. The van der Waals surface area contributed by atoms with Gasteiger partial charge in [-0.15, -0.1) is 0 Å². The van der Waals surface area contributed by atoms with Crippen LogP contribution in [0.3, 0.4) is 0 Å². The molecule has 5 aliphatic rings. The number of rotatable bonds is 9. The van der Waals surface area contributed by atoms with Gasteiger partial charge in [-0.2, -0.15) is 0 Å². The summed E-state index contributed by atoms with van der Waals surface area (Å²) in [5.41, 5.74) is 0. The summed E-state index contributed by atoms with van der Waals surface area (Å²) >= 11 is 0. The Morgan fingerprint density at radius 1 is 0.469 bits per heavy atom. The Morgan fingerprint density at radius 3 is 1.67 bits per heavy atom. The predicted octanol–water partition coefficient (Wildman–Crippen LogP) is -8.98. The molecule has 0 aliphatic carbocycles. The Hall–Kier alpha value is -0.880. The molecule has 5 saturated heterocycles. The Kier molecular flexibility index (Phi) is 13.2. The molecular weight excluding hydrogens is 676 g/mol. The molecule has 0 aromatic carbocycles. The van der Waals surface area contributed by atoms with Crippen LogP contribution in [0.1, 0.15) is 6.92 Å². The van der Waals surface area contributed by atoms with Crippen molar-refractivity contribution in [1.82, 2.24) is 0 Å². The zero-order valence-corrected chi connectivity index (χ0v) is 26.0. The monoisotopic (exact) mass is 722 g/mol. The van der Waals surface area contributed by atoms with Crippen LogP contribution in [-0.2, 0) is 42.6 Å². The average molecular weight is 723 g/mol. The van der Waals surface area contributed by atoms with Crippen LogP contribution >= 0.6 is 0 Å². The zero-order chi connectivity index (χ0) is 35.9. The highest BCUT2D eigenvalue weighted by atomic mass is 16.8. The van der Waals surface area contributed by atoms with Crippen molar-refractivity contribution in [2.75, 3.05) is 26.4 Å². The highest BCUT2D eigenvalue weighted by Gasteiger charge is 2.53. The van der Waals surface area contributed by atoms with E-state index in [0.29, 0.717) is 0 Å². The van der Waals surface area contributed by atoms with E-state index in [-0.39, 0.29) is 6.61 Å². The fraction of sp³-hybridized carbons (Fsp3) is 1.00. The molecule has 5 aliphatic heterocycles. The largest absolute Gasteiger partial charge is 0.394 e. The van der Waals surface area contributed by atoms with E-state index in [9.17, 15) is 66.4 Å². The van der Waals surface area contributed by atoms with E-state index in [1.165, 1.54) is 6.92 Å². The van der Waals surface area contributed by atoms with E-state index in [1.54, 1.807) is 0 Å². The normalized spacial score (nSPS) is 54.5. The van der Waals surface area contributed by atoms with Gasteiger partial charge in [-0.3, -0.25) is 0 Å². The number of ether oxygens (including phenoxy) is 9. The van der Waals surface area contributed by atoms with Gasteiger partial charge in [0.25, 0.3) is 0 Å². The van der Waals surface area contributed by atoms with E-state index in [0.717, 1.165) is 0 Å². The van der Waals surface area contributed by atoms with Gasteiger partial charge in [0.2, 0.25) is 0 Å². The molecule has 22 atom stereocenters. The van der Waals surface area contributed by atoms with Gasteiger partial charge in [0, 0.05) is 0 Å². The molecule has 0 amide bonds. The maximum absolute atomic E-state index is 10.9. The first kappa shape index (κ1) is 39.3. The van der Waals surface area contributed by atoms with E-state index < -0.39 is 155 Å². The standard InChI is InChI=1S/C27H46O22/c1-6-11(31)21(19(39)27(44-6)49-22-13(33)8(30)3-41-23(22)40)48-25-17(37)14(34)10(5-43-25)46-26-18(38)15(35)20(9(2-28)45-26)47-24-16(36)12(32)7(29)4-42-24/h6-40H,2-5H2,1H3/t6-,7+,8+,9+,10+,11-,12-,13-,14-,15+,16+,17+,18+,19+,20+,21+,22+,23+,24-,25-,26-,27-/m0/s1. The molecule has 49 heavy (non-hydrogen) atoms. The van der Waals surface area contributed by atoms with Crippen molar-refractivity contribution in [3.05, 3.63) is 0 Å². The van der Waals surface area contributed by atoms with E-state index >= 15 is 0 Å². The molecule has 286 valence electrons. The summed E-state index contributed by atoms with van der Waals surface area (Å²) in [6.45, 7) is -0.778. The number of aliphatic hydroxyl groups is 13. The minimum Gasteiger partial charge on any atom is -0.394 e. The SMILES string of the molecule is C[C@@H]1O[C@@H](O[C@@H]2[C@@H](O)[C@H](O)CO[C@H]2O)[C@H](O)[C@H](O[C@@H]2OC[C@@H](O[C@@H]3O[C@H](CO)[C@@H](O[C@@H]4OC[C@@H](O)[C@H](O)[C@H]4O)[C@H](O)[C@H]3O)[C@H](O)[C@H]2O)[C@H]1O. The molecule has 0 bridgehead atoms. The van der Waals surface area contributed by atoms with Gasteiger partial charge in [-0.1, -0.05) is 0 Å². The topological polar surface area (TPSA) is 346 Å². The molecule has 13 N–H and O–H groups in total. The second-order valence-corrected chi connectivity index (χ2v) is 12.6. The molecule has 0 unspecified atom stereocenters. The highest BCUT2D eigenvalue weighted by molar-refractivity contribution is 4.96. The lowest BCUT2D eigenvalue weighted by atomic mass is 9.97. The molecule has 5 rings (SSSR count). The fourth-order valence-electron chi connectivity index (χ4n) is 6.07. The molecule has 0 saturated carbocycles. The summed E-state index contributed by atoms with van der Waals surface area (Å²) in [5.74, 6) is 0. The van der Waals surface area contributed by atoms with Gasteiger partial charge in [-0.25, -0.2) is 0 Å². The smallest absolute Gasteiger partial charge is 0.187 e. The fourth-order valence-corrected chi connectivity index (χ4v) is 6.07. The summed E-state index contributed by atoms with van der Waals surface area (Å²) in [5, 5.41) is 135. The Bertz CT molecular complexity index is 1040. The van der Waals surface area contributed by atoms with E-state index in [1.807, 2.05) is 0 Å². The van der Waals surface area contributed by atoms with Gasteiger partial charge in [-0.05, 0) is 6.92 Å².